The number of benzene rings is 1. The molecule has 1 atom stereocenters. The van der Waals surface area contributed by atoms with Crippen LogP contribution >= 0.6 is 0 Å². The first-order valence-electron chi connectivity index (χ1n) is 8.02. The first-order valence-corrected chi connectivity index (χ1v) is 8.02. The van der Waals surface area contributed by atoms with Gasteiger partial charge in [-0.05, 0) is 62.1 Å². The first kappa shape index (κ1) is 11.8. The van der Waals surface area contributed by atoms with Crippen molar-refractivity contribution in [2.75, 3.05) is 18.0 Å². The quantitative estimate of drug-likeness (QED) is 0.894. The zero-order chi connectivity index (χ0) is 12.7. The minimum absolute atomic E-state index is 0.729. The fourth-order valence-electron chi connectivity index (χ4n) is 3.76. The van der Waals surface area contributed by atoms with Crippen molar-refractivity contribution in [3.8, 4) is 0 Å². The monoisotopic (exact) mass is 256 g/mol. The van der Waals surface area contributed by atoms with Crippen LogP contribution in [0.2, 0.25) is 0 Å². The molecule has 19 heavy (non-hydrogen) atoms. The van der Waals surface area contributed by atoms with E-state index < -0.39 is 0 Å². The highest BCUT2D eigenvalue weighted by atomic mass is 15.2. The zero-order valence-electron chi connectivity index (χ0n) is 11.7. The van der Waals surface area contributed by atoms with Crippen LogP contribution in [-0.2, 0) is 12.8 Å². The van der Waals surface area contributed by atoms with Gasteiger partial charge in [0.1, 0.15) is 0 Å². The topological polar surface area (TPSA) is 15.3 Å². The van der Waals surface area contributed by atoms with E-state index in [4.69, 9.17) is 0 Å². The SMILES string of the molecule is c1cc2c(c(N3CCC(NC4CC4)C3)c1)CCCC2. The summed E-state index contributed by atoms with van der Waals surface area (Å²) in [5.74, 6) is 0. The lowest BCUT2D eigenvalue weighted by Gasteiger charge is -2.26. The third-order valence-electron chi connectivity index (χ3n) is 4.95. The number of rotatable bonds is 3. The molecule has 4 rings (SSSR count). The maximum absolute atomic E-state index is 3.79. The average molecular weight is 256 g/mol. The molecule has 1 saturated heterocycles. The van der Waals surface area contributed by atoms with Crippen LogP contribution in [0.25, 0.3) is 0 Å². The lowest BCUT2D eigenvalue weighted by atomic mass is 9.90. The van der Waals surface area contributed by atoms with Crippen molar-refractivity contribution in [3.63, 3.8) is 0 Å². The largest absolute Gasteiger partial charge is 0.370 e. The normalized spacial score (nSPS) is 26.5. The molecule has 0 amide bonds. The third kappa shape index (κ3) is 2.38. The van der Waals surface area contributed by atoms with Gasteiger partial charge in [-0.3, -0.25) is 0 Å². The molecule has 3 aliphatic rings. The first-order chi connectivity index (χ1) is 9.40. The summed E-state index contributed by atoms with van der Waals surface area (Å²) in [7, 11) is 0. The zero-order valence-corrected chi connectivity index (χ0v) is 11.7. The number of fused-ring (bicyclic) bond motifs is 1. The number of nitrogens with one attached hydrogen (secondary N) is 1. The molecule has 0 radical (unpaired) electrons. The fourth-order valence-corrected chi connectivity index (χ4v) is 3.76. The molecule has 1 saturated carbocycles. The second kappa shape index (κ2) is 4.82. The van der Waals surface area contributed by atoms with Crippen LogP contribution in [0, 0.1) is 0 Å². The summed E-state index contributed by atoms with van der Waals surface area (Å²) in [5.41, 5.74) is 4.81. The summed E-state index contributed by atoms with van der Waals surface area (Å²) < 4.78 is 0. The summed E-state index contributed by atoms with van der Waals surface area (Å²) >= 11 is 0. The Kier molecular flexibility index (Phi) is 2.99. The van der Waals surface area contributed by atoms with Crippen LogP contribution in [0.1, 0.15) is 43.2 Å². The predicted molar refractivity (Wildman–Crippen MR) is 79.9 cm³/mol. The summed E-state index contributed by atoms with van der Waals surface area (Å²) in [6.07, 6.45) is 9.46. The van der Waals surface area contributed by atoms with E-state index in [1.807, 2.05) is 0 Å². The van der Waals surface area contributed by atoms with Gasteiger partial charge in [-0.15, -0.1) is 0 Å². The number of hydrogen-bond acceptors (Lipinski definition) is 2. The second-order valence-corrected chi connectivity index (χ2v) is 6.49. The number of aryl methyl sites for hydroxylation is 1. The number of hydrogen-bond donors (Lipinski definition) is 1. The Balaban J connectivity index is 1.52. The molecule has 2 nitrogen and oxygen atoms in total. The molecule has 1 N–H and O–H groups in total. The molecule has 102 valence electrons. The van der Waals surface area contributed by atoms with Gasteiger partial charge in [0.05, 0.1) is 0 Å². The van der Waals surface area contributed by atoms with Crippen molar-refractivity contribution < 1.29 is 0 Å². The number of anilines is 1. The van der Waals surface area contributed by atoms with Gasteiger partial charge in [-0.1, -0.05) is 12.1 Å². The van der Waals surface area contributed by atoms with E-state index in [1.54, 1.807) is 11.1 Å². The second-order valence-electron chi connectivity index (χ2n) is 6.49. The van der Waals surface area contributed by atoms with Crippen molar-refractivity contribution in [3.05, 3.63) is 29.3 Å². The molecule has 1 aromatic rings. The molecule has 0 bridgehead atoms. The standard InChI is InChI=1S/C17H24N2/c1-2-6-16-13(4-1)5-3-7-17(16)19-11-10-15(12-19)18-14-8-9-14/h3,5,7,14-15,18H,1-2,4,6,8-12H2. The van der Waals surface area contributed by atoms with Gasteiger partial charge in [-0.25, -0.2) is 0 Å². The molecule has 0 spiro atoms. The van der Waals surface area contributed by atoms with Gasteiger partial charge in [0.2, 0.25) is 0 Å². The molecular weight excluding hydrogens is 232 g/mol. The summed E-state index contributed by atoms with van der Waals surface area (Å²) in [6.45, 7) is 2.45. The highest BCUT2D eigenvalue weighted by Crippen LogP contribution is 2.32. The maximum Gasteiger partial charge on any atom is 0.0402 e. The Morgan fingerprint density at radius 2 is 1.89 bits per heavy atom. The van der Waals surface area contributed by atoms with Crippen molar-refractivity contribution >= 4 is 5.69 Å². The van der Waals surface area contributed by atoms with Crippen molar-refractivity contribution in [1.29, 1.82) is 0 Å². The van der Waals surface area contributed by atoms with Crippen LogP contribution in [0.4, 0.5) is 5.69 Å². The van der Waals surface area contributed by atoms with Gasteiger partial charge in [0, 0.05) is 30.9 Å². The minimum atomic E-state index is 0.729. The smallest absolute Gasteiger partial charge is 0.0402 e. The molecule has 2 aliphatic carbocycles. The minimum Gasteiger partial charge on any atom is -0.370 e. The van der Waals surface area contributed by atoms with Crippen molar-refractivity contribution in [1.82, 2.24) is 5.32 Å². The molecule has 1 aliphatic heterocycles. The Hall–Kier alpha value is -1.02. The van der Waals surface area contributed by atoms with Crippen LogP contribution < -0.4 is 10.2 Å². The molecule has 1 unspecified atom stereocenters. The van der Waals surface area contributed by atoms with Gasteiger partial charge in [0.25, 0.3) is 0 Å². The molecule has 1 aromatic carbocycles. The van der Waals surface area contributed by atoms with Crippen molar-refractivity contribution in [2.24, 2.45) is 0 Å². The predicted octanol–water partition coefficient (Wildman–Crippen LogP) is 2.90. The van der Waals surface area contributed by atoms with E-state index in [1.165, 1.54) is 63.7 Å². The molecule has 1 heterocycles. The van der Waals surface area contributed by atoms with Gasteiger partial charge in [-0.2, -0.15) is 0 Å². The highest BCUT2D eigenvalue weighted by molar-refractivity contribution is 5.58. The van der Waals surface area contributed by atoms with Crippen LogP contribution in [-0.4, -0.2) is 25.2 Å². The number of nitrogens with zero attached hydrogens (tertiary/aromatic N) is 1. The van der Waals surface area contributed by atoms with E-state index in [-0.39, 0.29) is 0 Å². The lowest BCUT2D eigenvalue weighted by molar-refractivity contribution is 0.548. The van der Waals surface area contributed by atoms with Crippen LogP contribution in [0.3, 0.4) is 0 Å². The average Bonchev–Trinajstić information content (AvgIpc) is 3.14. The summed E-state index contributed by atoms with van der Waals surface area (Å²) in [6, 6.07) is 8.53. The van der Waals surface area contributed by atoms with E-state index in [0.29, 0.717) is 0 Å². The Labute approximate surface area is 116 Å². The van der Waals surface area contributed by atoms with E-state index >= 15 is 0 Å². The summed E-state index contributed by atoms with van der Waals surface area (Å²) in [5, 5.41) is 3.79. The fraction of sp³-hybridized carbons (Fsp3) is 0.647. The molecular formula is C17H24N2. The Bertz CT molecular complexity index is 464. The van der Waals surface area contributed by atoms with E-state index in [2.05, 4.69) is 28.4 Å². The van der Waals surface area contributed by atoms with Gasteiger partial charge >= 0.3 is 0 Å². The van der Waals surface area contributed by atoms with Gasteiger partial charge < -0.3 is 10.2 Å². The van der Waals surface area contributed by atoms with Crippen LogP contribution in [0.15, 0.2) is 18.2 Å². The van der Waals surface area contributed by atoms with Gasteiger partial charge in [0.15, 0.2) is 0 Å². The third-order valence-corrected chi connectivity index (χ3v) is 4.95. The van der Waals surface area contributed by atoms with E-state index in [0.717, 1.165) is 12.1 Å². The maximum atomic E-state index is 3.79. The Morgan fingerprint density at radius 3 is 2.79 bits per heavy atom. The molecule has 2 fully saturated rings. The Morgan fingerprint density at radius 1 is 1.00 bits per heavy atom. The molecule has 0 aromatic heterocycles. The van der Waals surface area contributed by atoms with Crippen LogP contribution in [0.5, 0.6) is 0 Å². The molecule has 2 heteroatoms. The highest BCUT2D eigenvalue weighted by Gasteiger charge is 2.30. The lowest BCUT2D eigenvalue weighted by Crippen LogP contribution is -2.34. The van der Waals surface area contributed by atoms with Crippen molar-refractivity contribution in [2.45, 2.75) is 57.0 Å². The summed E-state index contributed by atoms with van der Waals surface area (Å²) in [4.78, 5) is 2.63. The van der Waals surface area contributed by atoms with E-state index in [9.17, 15) is 0 Å².